The number of nitrogens with one attached hydrogen (secondary N) is 1. The van der Waals surface area contributed by atoms with Crippen molar-refractivity contribution in [1.29, 1.82) is 0 Å². The number of benzene rings is 1. The molecule has 5 heteroatoms. The fourth-order valence-electron chi connectivity index (χ4n) is 3.27. The predicted molar refractivity (Wildman–Crippen MR) is 105 cm³/mol. The molecule has 1 N–H and O–H groups in total. The van der Waals surface area contributed by atoms with E-state index in [4.69, 9.17) is 4.74 Å². The number of fused-ring (bicyclic) bond motifs is 1. The molecule has 1 aliphatic rings. The number of para-hydroxylation sites is 1. The van der Waals surface area contributed by atoms with Crippen molar-refractivity contribution in [2.24, 2.45) is 0 Å². The van der Waals surface area contributed by atoms with Crippen molar-refractivity contribution >= 4 is 28.9 Å². The first-order valence-electron chi connectivity index (χ1n) is 9.22. The number of ether oxygens (including phenoxy) is 1. The summed E-state index contributed by atoms with van der Waals surface area (Å²) in [6.45, 7) is 3.88. The van der Waals surface area contributed by atoms with Gasteiger partial charge in [-0.1, -0.05) is 38.5 Å². The third-order valence-electron chi connectivity index (χ3n) is 4.64. The quantitative estimate of drug-likeness (QED) is 0.598. The minimum absolute atomic E-state index is 0.270. The summed E-state index contributed by atoms with van der Waals surface area (Å²) < 4.78 is 5.23. The largest absolute Gasteiger partial charge is 0.451 e. The number of carbonyl (C=O) groups excluding carboxylic acids is 2. The number of rotatable bonds is 5. The molecule has 0 spiro atoms. The normalized spacial score (nSPS) is 13.8. The molecule has 0 saturated heterocycles. The first-order valence-corrected chi connectivity index (χ1v) is 10.0. The van der Waals surface area contributed by atoms with Gasteiger partial charge in [0.05, 0.1) is 0 Å². The van der Waals surface area contributed by atoms with E-state index in [-0.39, 0.29) is 12.5 Å². The van der Waals surface area contributed by atoms with Gasteiger partial charge in [-0.3, -0.25) is 4.79 Å². The predicted octanol–water partition coefficient (Wildman–Crippen LogP) is 4.94. The molecule has 2 aromatic rings. The van der Waals surface area contributed by atoms with Gasteiger partial charge in [-0.15, -0.1) is 11.3 Å². The Labute approximate surface area is 158 Å². The summed E-state index contributed by atoms with van der Waals surface area (Å²) in [5.74, 6) is -0.421. The molecule has 1 amide bonds. The lowest BCUT2D eigenvalue weighted by Crippen LogP contribution is -2.21. The van der Waals surface area contributed by atoms with Gasteiger partial charge >= 0.3 is 5.97 Å². The van der Waals surface area contributed by atoms with Crippen molar-refractivity contribution in [3.8, 4) is 0 Å². The van der Waals surface area contributed by atoms with Crippen molar-refractivity contribution in [2.45, 2.75) is 51.9 Å². The van der Waals surface area contributed by atoms with Crippen molar-refractivity contribution in [3.63, 3.8) is 0 Å². The van der Waals surface area contributed by atoms with Gasteiger partial charge in [0.2, 0.25) is 0 Å². The van der Waals surface area contributed by atoms with E-state index in [2.05, 4.69) is 19.2 Å². The fraction of sp³-hybridized carbons (Fsp3) is 0.429. The molecule has 26 heavy (non-hydrogen) atoms. The number of anilines is 1. The molecule has 0 fully saturated rings. The van der Waals surface area contributed by atoms with Crippen LogP contribution in [0.25, 0.3) is 0 Å². The fourth-order valence-corrected chi connectivity index (χ4v) is 4.42. The van der Waals surface area contributed by atoms with Crippen LogP contribution >= 0.6 is 11.3 Å². The minimum atomic E-state index is -0.407. The molecule has 1 heterocycles. The summed E-state index contributed by atoms with van der Waals surface area (Å²) >= 11 is 1.51. The maximum Gasteiger partial charge on any atom is 0.348 e. The topological polar surface area (TPSA) is 55.4 Å². The summed E-state index contributed by atoms with van der Waals surface area (Å²) in [4.78, 5) is 26.4. The first kappa shape index (κ1) is 18.6. The van der Waals surface area contributed by atoms with Gasteiger partial charge in [-0.2, -0.15) is 0 Å². The lowest BCUT2D eigenvalue weighted by Gasteiger charge is -2.13. The van der Waals surface area contributed by atoms with Crippen LogP contribution in [-0.4, -0.2) is 18.5 Å². The van der Waals surface area contributed by atoms with Gasteiger partial charge in [-0.05, 0) is 54.9 Å². The van der Waals surface area contributed by atoms with Crippen molar-refractivity contribution < 1.29 is 14.3 Å². The van der Waals surface area contributed by atoms with Crippen LogP contribution in [0.2, 0.25) is 0 Å². The second-order valence-electron chi connectivity index (χ2n) is 6.99. The zero-order chi connectivity index (χ0) is 18.5. The molecule has 0 saturated carbocycles. The van der Waals surface area contributed by atoms with Crippen LogP contribution < -0.4 is 5.32 Å². The molecule has 1 aromatic carbocycles. The summed E-state index contributed by atoms with van der Waals surface area (Å²) in [6.07, 6.45) is 5.68. The van der Waals surface area contributed by atoms with E-state index in [0.717, 1.165) is 24.1 Å². The summed E-state index contributed by atoms with van der Waals surface area (Å²) in [5.41, 5.74) is 3.11. The van der Waals surface area contributed by atoms with E-state index in [1.165, 1.54) is 41.0 Å². The monoisotopic (exact) mass is 371 g/mol. The molecule has 0 unspecified atom stereocenters. The Balaban J connectivity index is 1.57. The average Bonchev–Trinajstić information content (AvgIpc) is 2.91. The second-order valence-corrected chi connectivity index (χ2v) is 8.12. The Hall–Kier alpha value is -2.14. The highest BCUT2D eigenvalue weighted by atomic mass is 32.1. The number of esters is 1. The molecule has 138 valence electrons. The van der Waals surface area contributed by atoms with E-state index in [0.29, 0.717) is 10.8 Å². The van der Waals surface area contributed by atoms with E-state index in [1.807, 2.05) is 30.3 Å². The summed E-state index contributed by atoms with van der Waals surface area (Å²) in [7, 11) is 0. The van der Waals surface area contributed by atoms with Crippen LogP contribution in [0, 0.1) is 0 Å². The highest BCUT2D eigenvalue weighted by molar-refractivity contribution is 7.14. The van der Waals surface area contributed by atoms with Crippen LogP contribution in [0.4, 0.5) is 5.69 Å². The molecule has 3 rings (SSSR count). The zero-order valence-corrected chi connectivity index (χ0v) is 16.2. The standard InChI is InChI=1S/C21H25NO3S/c1-14(2)16-9-6-7-10-17(16)22-20(23)13-25-21(24)19-12-15-8-4-3-5-11-18(15)26-19/h6-7,9-10,12,14H,3-5,8,11,13H2,1-2H3,(H,22,23). The highest BCUT2D eigenvalue weighted by Gasteiger charge is 2.18. The average molecular weight is 372 g/mol. The molecular formula is C21H25NO3S. The maximum absolute atomic E-state index is 12.3. The van der Waals surface area contributed by atoms with E-state index < -0.39 is 5.97 Å². The Morgan fingerprint density at radius 3 is 2.73 bits per heavy atom. The van der Waals surface area contributed by atoms with Gasteiger partial charge in [0.1, 0.15) is 4.88 Å². The molecule has 1 aliphatic carbocycles. The lowest BCUT2D eigenvalue weighted by molar-refractivity contribution is -0.119. The molecular weight excluding hydrogens is 346 g/mol. The van der Waals surface area contributed by atoms with Crippen molar-refractivity contribution in [1.82, 2.24) is 0 Å². The van der Waals surface area contributed by atoms with Crippen molar-refractivity contribution in [3.05, 3.63) is 51.2 Å². The van der Waals surface area contributed by atoms with Gasteiger partial charge in [0.15, 0.2) is 6.61 Å². The summed E-state index contributed by atoms with van der Waals surface area (Å²) in [5, 5.41) is 2.84. The molecule has 4 nitrogen and oxygen atoms in total. The van der Waals surface area contributed by atoms with Crippen LogP contribution in [0.1, 0.15) is 64.7 Å². The van der Waals surface area contributed by atoms with Gasteiger partial charge < -0.3 is 10.1 Å². The Morgan fingerprint density at radius 2 is 1.92 bits per heavy atom. The van der Waals surface area contributed by atoms with Crippen LogP contribution in [-0.2, 0) is 22.4 Å². The van der Waals surface area contributed by atoms with Crippen LogP contribution in [0.5, 0.6) is 0 Å². The maximum atomic E-state index is 12.3. The number of thiophene rings is 1. The zero-order valence-electron chi connectivity index (χ0n) is 15.3. The van der Waals surface area contributed by atoms with E-state index in [1.54, 1.807) is 0 Å². The number of hydrogen-bond acceptors (Lipinski definition) is 4. The molecule has 0 atom stereocenters. The van der Waals surface area contributed by atoms with Gasteiger partial charge in [0.25, 0.3) is 5.91 Å². The Bertz CT molecular complexity index is 771. The second kappa shape index (κ2) is 8.49. The minimum Gasteiger partial charge on any atom is -0.451 e. The Kier molecular flexibility index (Phi) is 6.09. The SMILES string of the molecule is CC(C)c1ccccc1NC(=O)COC(=O)c1cc2c(s1)CCCCC2. The number of hydrogen-bond donors (Lipinski definition) is 1. The highest BCUT2D eigenvalue weighted by Crippen LogP contribution is 2.29. The number of carbonyl (C=O) groups is 2. The number of amides is 1. The smallest absolute Gasteiger partial charge is 0.348 e. The van der Waals surface area contributed by atoms with E-state index in [9.17, 15) is 9.59 Å². The van der Waals surface area contributed by atoms with Crippen LogP contribution in [0.15, 0.2) is 30.3 Å². The van der Waals surface area contributed by atoms with Crippen LogP contribution in [0.3, 0.4) is 0 Å². The first-order chi connectivity index (χ1) is 12.5. The molecule has 1 aromatic heterocycles. The third kappa shape index (κ3) is 4.52. The number of aryl methyl sites for hydroxylation is 2. The van der Waals surface area contributed by atoms with Crippen molar-refractivity contribution in [2.75, 3.05) is 11.9 Å². The molecule has 0 radical (unpaired) electrons. The van der Waals surface area contributed by atoms with Gasteiger partial charge in [0, 0.05) is 10.6 Å². The van der Waals surface area contributed by atoms with E-state index >= 15 is 0 Å². The van der Waals surface area contributed by atoms with Gasteiger partial charge in [-0.25, -0.2) is 4.79 Å². The summed E-state index contributed by atoms with van der Waals surface area (Å²) in [6, 6.07) is 9.63. The third-order valence-corrected chi connectivity index (χ3v) is 5.86. The molecule has 0 bridgehead atoms. The Morgan fingerprint density at radius 1 is 1.15 bits per heavy atom. The molecule has 0 aliphatic heterocycles. The lowest BCUT2D eigenvalue weighted by atomic mass is 10.0.